The van der Waals surface area contributed by atoms with Crippen molar-refractivity contribution in [3.8, 4) is 0 Å². The molecule has 1 aliphatic heterocycles. The van der Waals surface area contributed by atoms with Gasteiger partial charge in [-0.05, 0) is 75.9 Å². The number of rotatable bonds is 6. The van der Waals surface area contributed by atoms with E-state index in [1.807, 2.05) is 13.1 Å². The highest BCUT2D eigenvalue weighted by Gasteiger charge is 2.32. The zero-order valence-corrected chi connectivity index (χ0v) is 20.2. The second-order valence-corrected chi connectivity index (χ2v) is 10.0. The Hall–Kier alpha value is -3.06. The summed E-state index contributed by atoms with van der Waals surface area (Å²) in [7, 11) is 2.02. The van der Waals surface area contributed by atoms with E-state index >= 15 is 0 Å². The van der Waals surface area contributed by atoms with Crippen LogP contribution in [-0.2, 0) is 6.54 Å². The van der Waals surface area contributed by atoms with E-state index in [4.69, 9.17) is 0 Å². The monoisotopic (exact) mass is 479 g/mol. The second kappa shape index (κ2) is 9.53. The molecule has 2 aromatic carbocycles. The lowest BCUT2D eigenvalue weighted by Crippen LogP contribution is -2.39. The molecule has 1 aliphatic carbocycles. The molecule has 0 spiro atoms. The number of fused-ring (bicyclic) bond motifs is 1. The summed E-state index contributed by atoms with van der Waals surface area (Å²) in [6.45, 7) is 3.11. The number of amides is 1. The van der Waals surface area contributed by atoms with Crippen molar-refractivity contribution in [2.24, 2.45) is 5.92 Å². The molecule has 2 fully saturated rings. The molecule has 2 atom stereocenters. The van der Waals surface area contributed by atoms with Gasteiger partial charge in [-0.3, -0.25) is 9.59 Å². The molecule has 2 aliphatic rings. The smallest absolute Gasteiger partial charge is 0.261 e. The van der Waals surface area contributed by atoms with Crippen molar-refractivity contribution in [1.82, 2.24) is 14.8 Å². The average Bonchev–Trinajstić information content (AvgIpc) is 3.19. The summed E-state index contributed by atoms with van der Waals surface area (Å²) >= 11 is 0. The molecule has 0 radical (unpaired) electrons. The Bertz CT molecular complexity index is 1330. The Morgan fingerprint density at radius 2 is 1.89 bits per heavy atom. The van der Waals surface area contributed by atoms with Crippen LogP contribution in [0.2, 0.25) is 0 Å². The van der Waals surface area contributed by atoms with Gasteiger partial charge in [0.25, 0.3) is 11.5 Å². The number of hydrogen-bond acceptors (Lipinski definition) is 3. The van der Waals surface area contributed by atoms with Crippen LogP contribution in [0.4, 0.5) is 8.78 Å². The number of carbonyl (C=O) groups excluding carboxylic acids is 1. The molecule has 3 aromatic rings. The highest BCUT2D eigenvalue weighted by Crippen LogP contribution is 2.38. The van der Waals surface area contributed by atoms with E-state index in [9.17, 15) is 18.4 Å². The molecule has 7 heteroatoms. The molecule has 0 unspecified atom stereocenters. The first-order valence-corrected chi connectivity index (χ1v) is 12.4. The van der Waals surface area contributed by atoms with Crippen molar-refractivity contribution in [1.29, 1.82) is 0 Å². The summed E-state index contributed by atoms with van der Waals surface area (Å²) in [5.74, 6) is -1.13. The first-order chi connectivity index (χ1) is 16.8. The summed E-state index contributed by atoms with van der Waals surface area (Å²) in [6, 6.07) is 10.6. The third-order valence-electron chi connectivity index (χ3n) is 7.92. The standard InChI is InChI=1S/C28H31F2N3O2/c1-17-24(27(34)31-26(18-7-3-8-18)19-9-4-10-20(29)15-19)22-12-5-13-23(30)25(22)28(35)33(17)16-21-11-6-14-32(21)2/h4-5,9-10,12-13,15,18,21,26H,3,6-8,11,14,16H2,1-2H3,(H,31,34)/t21-,26-/m0/s1. The van der Waals surface area contributed by atoms with Crippen molar-refractivity contribution in [2.45, 2.75) is 57.7 Å². The van der Waals surface area contributed by atoms with E-state index in [1.165, 1.54) is 24.3 Å². The molecular formula is C28H31F2N3O2. The van der Waals surface area contributed by atoms with Crippen LogP contribution in [0.1, 0.15) is 59.8 Å². The molecule has 184 valence electrons. The van der Waals surface area contributed by atoms with Crippen LogP contribution in [0.25, 0.3) is 10.8 Å². The van der Waals surface area contributed by atoms with Gasteiger partial charge in [-0.15, -0.1) is 0 Å². The molecule has 1 N–H and O–H groups in total. The van der Waals surface area contributed by atoms with Gasteiger partial charge in [0, 0.05) is 23.7 Å². The first kappa shape index (κ1) is 23.7. The van der Waals surface area contributed by atoms with Gasteiger partial charge in [0.2, 0.25) is 0 Å². The van der Waals surface area contributed by atoms with Crippen LogP contribution in [-0.4, -0.2) is 35.0 Å². The lowest BCUT2D eigenvalue weighted by molar-refractivity contribution is 0.0900. The summed E-state index contributed by atoms with van der Waals surface area (Å²) in [5, 5.41) is 3.38. The van der Waals surface area contributed by atoms with Crippen LogP contribution in [0, 0.1) is 24.5 Å². The van der Waals surface area contributed by atoms with Crippen LogP contribution in [0.3, 0.4) is 0 Å². The van der Waals surface area contributed by atoms with Gasteiger partial charge < -0.3 is 14.8 Å². The molecule has 5 rings (SSSR count). The number of nitrogens with one attached hydrogen (secondary N) is 1. The summed E-state index contributed by atoms with van der Waals surface area (Å²) in [6.07, 6.45) is 4.95. The third-order valence-corrected chi connectivity index (χ3v) is 7.92. The molecule has 1 aromatic heterocycles. The SMILES string of the molecule is Cc1c(C(=O)N[C@H](c2cccc(F)c2)C2CCC2)c2cccc(F)c2c(=O)n1C[C@@H]1CCCN1C. The number of carbonyl (C=O) groups is 1. The predicted molar refractivity (Wildman–Crippen MR) is 133 cm³/mol. The second-order valence-electron chi connectivity index (χ2n) is 10.0. The molecule has 1 amide bonds. The van der Waals surface area contributed by atoms with Gasteiger partial charge in [-0.25, -0.2) is 8.78 Å². The zero-order valence-electron chi connectivity index (χ0n) is 20.2. The Kier molecular flexibility index (Phi) is 6.45. The number of pyridine rings is 1. The van der Waals surface area contributed by atoms with Crippen molar-refractivity contribution < 1.29 is 13.6 Å². The zero-order chi connectivity index (χ0) is 24.7. The maximum absolute atomic E-state index is 15.0. The van der Waals surface area contributed by atoms with E-state index in [-0.39, 0.29) is 35.1 Å². The minimum atomic E-state index is -0.629. The molecule has 0 bridgehead atoms. The lowest BCUT2D eigenvalue weighted by Gasteiger charge is -2.35. The number of hydrogen-bond donors (Lipinski definition) is 1. The maximum atomic E-state index is 15.0. The summed E-state index contributed by atoms with van der Waals surface area (Å²) in [5.41, 5.74) is 1.14. The van der Waals surface area contributed by atoms with Gasteiger partial charge in [0.15, 0.2) is 0 Å². The number of nitrogens with zero attached hydrogens (tertiary/aromatic N) is 2. The van der Waals surface area contributed by atoms with Crippen molar-refractivity contribution in [3.05, 3.63) is 81.3 Å². The first-order valence-electron chi connectivity index (χ1n) is 12.4. The van der Waals surface area contributed by atoms with E-state index in [2.05, 4.69) is 10.2 Å². The van der Waals surface area contributed by atoms with Crippen LogP contribution >= 0.6 is 0 Å². The number of aromatic nitrogens is 1. The average molecular weight is 480 g/mol. The van der Waals surface area contributed by atoms with Crippen LogP contribution in [0.15, 0.2) is 47.3 Å². The molecule has 1 saturated heterocycles. The Morgan fingerprint density at radius 3 is 2.54 bits per heavy atom. The number of likely N-dealkylation sites (N-methyl/N-ethyl adjacent to an activating group) is 1. The van der Waals surface area contributed by atoms with Gasteiger partial charge in [0.05, 0.1) is 17.0 Å². The Morgan fingerprint density at radius 1 is 1.11 bits per heavy atom. The van der Waals surface area contributed by atoms with Gasteiger partial charge >= 0.3 is 0 Å². The maximum Gasteiger partial charge on any atom is 0.261 e. The molecule has 5 nitrogen and oxygen atoms in total. The molecule has 35 heavy (non-hydrogen) atoms. The molecule has 1 saturated carbocycles. The van der Waals surface area contributed by atoms with Crippen molar-refractivity contribution in [3.63, 3.8) is 0 Å². The number of halogens is 2. The third kappa shape index (κ3) is 4.38. The normalized spacial score (nSPS) is 19.6. The number of likely N-dealkylation sites (tertiary alicyclic amines) is 1. The molecular weight excluding hydrogens is 448 g/mol. The largest absolute Gasteiger partial charge is 0.345 e. The minimum Gasteiger partial charge on any atom is -0.345 e. The predicted octanol–water partition coefficient (Wildman–Crippen LogP) is 4.95. The fourth-order valence-electron chi connectivity index (χ4n) is 5.65. The topological polar surface area (TPSA) is 54.3 Å². The highest BCUT2D eigenvalue weighted by molar-refractivity contribution is 6.08. The van der Waals surface area contributed by atoms with E-state index in [1.54, 1.807) is 23.6 Å². The lowest BCUT2D eigenvalue weighted by atomic mass is 9.77. The van der Waals surface area contributed by atoms with E-state index in [0.717, 1.165) is 44.2 Å². The minimum absolute atomic E-state index is 0.0603. The van der Waals surface area contributed by atoms with Gasteiger partial charge in [-0.2, -0.15) is 0 Å². The van der Waals surface area contributed by atoms with Crippen LogP contribution in [0.5, 0.6) is 0 Å². The Balaban J connectivity index is 1.59. The number of benzene rings is 2. The summed E-state index contributed by atoms with van der Waals surface area (Å²) in [4.78, 5) is 29.4. The highest BCUT2D eigenvalue weighted by atomic mass is 19.1. The van der Waals surface area contributed by atoms with Crippen molar-refractivity contribution >= 4 is 16.7 Å². The Labute approximate surface area is 203 Å². The fraction of sp³-hybridized carbons (Fsp3) is 0.429. The van der Waals surface area contributed by atoms with E-state index < -0.39 is 11.4 Å². The van der Waals surface area contributed by atoms with Crippen LogP contribution < -0.4 is 10.9 Å². The fourth-order valence-corrected chi connectivity index (χ4v) is 5.65. The van der Waals surface area contributed by atoms with Gasteiger partial charge in [-0.1, -0.05) is 30.7 Å². The van der Waals surface area contributed by atoms with Gasteiger partial charge in [0.1, 0.15) is 11.6 Å². The molecule has 2 heterocycles. The summed E-state index contributed by atoms with van der Waals surface area (Å²) < 4.78 is 30.5. The van der Waals surface area contributed by atoms with Crippen molar-refractivity contribution in [2.75, 3.05) is 13.6 Å². The van der Waals surface area contributed by atoms with E-state index in [0.29, 0.717) is 23.2 Å². The quantitative estimate of drug-likeness (QED) is 0.544.